The van der Waals surface area contributed by atoms with Crippen molar-refractivity contribution < 1.29 is 14.7 Å². The number of carboxylic acids is 1. The molecular weight excluding hydrogens is 268 g/mol. The average molecular weight is 292 g/mol. The number of hydrogen-bond acceptors (Lipinski definition) is 2. The molecule has 1 aromatic rings. The largest absolute Gasteiger partial charge is 0.478 e. The van der Waals surface area contributed by atoms with Gasteiger partial charge in [0.05, 0.1) is 5.56 Å². The Bertz CT molecular complexity index is 467. The summed E-state index contributed by atoms with van der Waals surface area (Å²) in [4.78, 5) is 24.8. The van der Waals surface area contributed by atoms with Gasteiger partial charge in [0.15, 0.2) is 0 Å². The van der Waals surface area contributed by atoms with E-state index in [1.807, 2.05) is 6.92 Å². The van der Waals surface area contributed by atoms with E-state index in [4.69, 9.17) is 5.11 Å². The van der Waals surface area contributed by atoms with Crippen molar-refractivity contribution in [3.8, 4) is 0 Å². The lowest BCUT2D eigenvalue weighted by Crippen LogP contribution is -2.38. The first kappa shape index (κ1) is 17.0. The van der Waals surface area contributed by atoms with Crippen LogP contribution >= 0.6 is 0 Å². The highest BCUT2D eigenvalue weighted by Gasteiger charge is 2.15. The van der Waals surface area contributed by atoms with Crippen molar-refractivity contribution in [2.24, 2.45) is 5.92 Å². The van der Waals surface area contributed by atoms with Crippen molar-refractivity contribution in [1.29, 1.82) is 0 Å². The molecule has 2 N–H and O–H groups in total. The van der Waals surface area contributed by atoms with Crippen LogP contribution in [0.25, 0.3) is 0 Å². The summed E-state index contributed by atoms with van der Waals surface area (Å²) in [5.41, 5.74) is 0.811. The smallest absolute Gasteiger partial charge is 0.335 e. The fourth-order valence-corrected chi connectivity index (χ4v) is 2.11. The summed E-state index contributed by atoms with van der Waals surface area (Å²) >= 11 is 0. The van der Waals surface area contributed by atoms with Crippen LogP contribution in [0.15, 0.2) is 24.3 Å². The third-order valence-electron chi connectivity index (χ3n) is 3.69. The van der Waals surface area contributed by atoms with Crippen LogP contribution in [0, 0.1) is 5.92 Å². The lowest BCUT2D eigenvalue weighted by molar-refractivity contribution is 0.0697. The molecule has 5 nitrogen and oxygen atoms in total. The predicted octanol–water partition coefficient (Wildman–Crippen LogP) is 3.67. The van der Waals surface area contributed by atoms with Crippen LogP contribution in [0.4, 0.5) is 10.5 Å². The number of aromatic carboxylic acids is 1. The number of amides is 2. The molecule has 1 rings (SSSR count). The Morgan fingerprint density at radius 1 is 1.14 bits per heavy atom. The molecule has 0 saturated carbocycles. The molecule has 2 amide bonds. The van der Waals surface area contributed by atoms with Gasteiger partial charge in [-0.2, -0.15) is 0 Å². The molecule has 0 fully saturated rings. The van der Waals surface area contributed by atoms with Gasteiger partial charge in [0.25, 0.3) is 0 Å². The highest BCUT2D eigenvalue weighted by molar-refractivity contribution is 5.91. The second-order valence-corrected chi connectivity index (χ2v) is 5.03. The van der Waals surface area contributed by atoms with Gasteiger partial charge in [-0.15, -0.1) is 0 Å². The van der Waals surface area contributed by atoms with Crippen LogP contribution < -0.4 is 5.32 Å². The molecule has 0 unspecified atom stereocenters. The number of hydrogen-bond donors (Lipinski definition) is 2. The van der Waals surface area contributed by atoms with Gasteiger partial charge in [-0.05, 0) is 37.1 Å². The maximum Gasteiger partial charge on any atom is 0.335 e. The topological polar surface area (TPSA) is 69.6 Å². The Morgan fingerprint density at radius 2 is 1.71 bits per heavy atom. The molecule has 116 valence electrons. The van der Waals surface area contributed by atoms with Crippen molar-refractivity contribution in [2.75, 3.05) is 18.4 Å². The number of carbonyl (C=O) groups is 2. The van der Waals surface area contributed by atoms with Crippen LogP contribution in [0.5, 0.6) is 0 Å². The Kier molecular flexibility index (Phi) is 6.72. The van der Waals surface area contributed by atoms with Crippen LogP contribution in [0.1, 0.15) is 44.0 Å². The number of rotatable bonds is 7. The van der Waals surface area contributed by atoms with E-state index in [1.54, 1.807) is 17.0 Å². The number of nitrogens with one attached hydrogen (secondary N) is 1. The molecule has 0 aliphatic carbocycles. The molecule has 0 radical (unpaired) electrons. The van der Waals surface area contributed by atoms with E-state index in [-0.39, 0.29) is 11.6 Å². The zero-order valence-electron chi connectivity index (χ0n) is 12.9. The van der Waals surface area contributed by atoms with Crippen molar-refractivity contribution in [3.63, 3.8) is 0 Å². The van der Waals surface area contributed by atoms with E-state index in [0.29, 0.717) is 18.2 Å². The average Bonchev–Trinajstić information content (AvgIpc) is 2.49. The first-order valence-corrected chi connectivity index (χ1v) is 7.41. The Hall–Kier alpha value is -2.04. The minimum absolute atomic E-state index is 0.146. The van der Waals surface area contributed by atoms with Gasteiger partial charge in [-0.25, -0.2) is 9.59 Å². The van der Waals surface area contributed by atoms with Gasteiger partial charge in [0.2, 0.25) is 0 Å². The molecule has 0 heterocycles. The van der Waals surface area contributed by atoms with Gasteiger partial charge in [-0.1, -0.05) is 26.7 Å². The molecule has 0 bridgehead atoms. The summed E-state index contributed by atoms with van der Waals surface area (Å²) in [6.45, 7) is 7.60. The SMILES string of the molecule is CCC(CC)CN(CC)C(=O)Nc1ccc(C(=O)O)cc1. The van der Waals surface area contributed by atoms with Crippen molar-refractivity contribution in [3.05, 3.63) is 29.8 Å². The molecule has 0 aliphatic rings. The van der Waals surface area contributed by atoms with E-state index < -0.39 is 5.97 Å². The zero-order valence-corrected chi connectivity index (χ0v) is 12.9. The Balaban J connectivity index is 2.67. The molecule has 0 saturated heterocycles. The molecule has 0 spiro atoms. The minimum Gasteiger partial charge on any atom is -0.478 e. The first-order valence-electron chi connectivity index (χ1n) is 7.41. The van der Waals surface area contributed by atoms with Crippen molar-refractivity contribution in [1.82, 2.24) is 4.90 Å². The van der Waals surface area contributed by atoms with Gasteiger partial charge >= 0.3 is 12.0 Å². The number of nitrogens with zero attached hydrogens (tertiary/aromatic N) is 1. The van der Waals surface area contributed by atoms with Crippen LogP contribution in [0.3, 0.4) is 0 Å². The van der Waals surface area contributed by atoms with Gasteiger partial charge in [0.1, 0.15) is 0 Å². The molecule has 0 aliphatic heterocycles. The van der Waals surface area contributed by atoms with E-state index in [0.717, 1.165) is 19.4 Å². The first-order chi connectivity index (χ1) is 10.0. The number of carbonyl (C=O) groups excluding carboxylic acids is 1. The third-order valence-corrected chi connectivity index (χ3v) is 3.69. The van der Waals surface area contributed by atoms with Crippen LogP contribution in [-0.4, -0.2) is 35.1 Å². The zero-order chi connectivity index (χ0) is 15.8. The van der Waals surface area contributed by atoms with Gasteiger partial charge in [-0.3, -0.25) is 0 Å². The quantitative estimate of drug-likeness (QED) is 0.805. The summed E-state index contributed by atoms with van der Waals surface area (Å²) in [5, 5.41) is 11.6. The Morgan fingerprint density at radius 3 is 2.14 bits per heavy atom. The molecule has 0 atom stereocenters. The Labute approximate surface area is 126 Å². The summed E-state index contributed by atoms with van der Waals surface area (Å²) in [6, 6.07) is 6.02. The van der Waals surface area contributed by atoms with Gasteiger partial charge < -0.3 is 15.3 Å². The predicted molar refractivity (Wildman–Crippen MR) is 83.7 cm³/mol. The molecule has 5 heteroatoms. The normalized spacial score (nSPS) is 10.5. The number of urea groups is 1. The summed E-state index contributed by atoms with van der Waals surface area (Å²) in [5.74, 6) is -0.470. The maximum absolute atomic E-state index is 12.2. The standard InChI is InChI=1S/C16H24N2O3/c1-4-12(5-2)11-18(6-3)16(21)17-14-9-7-13(8-10-14)15(19)20/h7-10,12H,4-6,11H2,1-3H3,(H,17,21)(H,19,20). The summed E-state index contributed by atoms with van der Waals surface area (Å²) < 4.78 is 0. The molecule has 0 aromatic heterocycles. The van der Waals surface area contributed by atoms with Crippen molar-refractivity contribution in [2.45, 2.75) is 33.6 Å². The number of carboxylic acid groups (broad SMARTS) is 1. The van der Waals surface area contributed by atoms with E-state index >= 15 is 0 Å². The fourth-order valence-electron chi connectivity index (χ4n) is 2.11. The number of anilines is 1. The summed E-state index contributed by atoms with van der Waals surface area (Å²) in [6.07, 6.45) is 2.10. The maximum atomic E-state index is 12.2. The fraction of sp³-hybridized carbons (Fsp3) is 0.500. The lowest BCUT2D eigenvalue weighted by atomic mass is 10.0. The van der Waals surface area contributed by atoms with E-state index in [2.05, 4.69) is 19.2 Å². The summed E-state index contributed by atoms with van der Waals surface area (Å²) in [7, 11) is 0. The van der Waals surface area contributed by atoms with Gasteiger partial charge in [0, 0.05) is 18.8 Å². The third kappa shape index (κ3) is 5.10. The second kappa shape index (κ2) is 8.29. The number of benzene rings is 1. The van der Waals surface area contributed by atoms with E-state index in [9.17, 15) is 9.59 Å². The second-order valence-electron chi connectivity index (χ2n) is 5.03. The minimum atomic E-state index is -0.975. The molecule has 21 heavy (non-hydrogen) atoms. The highest BCUT2D eigenvalue weighted by Crippen LogP contribution is 2.13. The van der Waals surface area contributed by atoms with Crippen LogP contribution in [0.2, 0.25) is 0 Å². The monoisotopic (exact) mass is 292 g/mol. The lowest BCUT2D eigenvalue weighted by Gasteiger charge is -2.25. The highest BCUT2D eigenvalue weighted by atomic mass is 16.4. The van der Waals surface area contributed by atoms with Crippen LogP contribution in [-0.2, 0) is 0 Å². The molecular formula is C16H24N2O3. The van der Waals surface area contributed by atoms with Crippen molar-refractivity contribution >= 4 is 17.7 Å². The molecule has 1 aromatic carbocycles. The van der Waals surface area contributed by atoms with E-state index in [1.165, 1.54) is 12.1 Å².